The molecule has 70 heavy (non-hydrogen) atoms. The molecular weight excluding hydrogens is 935 g/mol. The number of amides is 2. The summed E-state index contributed by atoms with van der Waals surface area (Å²) in [5.74, 6) is -0.837. The maximum Gasteiger partial charge on any atom is 0.408 e. The number of carbonyl (C=O) groups is 3. The Bertz CT molecular complexity index is 2320. The Balaban J connectivity index is 1.69. The number of carbonyl (C=O) groups excluding carboxylic acids is 3. The van der Waals surface area contributed by atoms with Gasteiger partial charge in [-0.1, -0.05) is 84.0 Å². The number of aromatic nitrogens is 2. The SMILES string of the molecule is COc1ccc(Cn2c(=O)ccn([C@@H]3OC([C@@H](O)[C@H](NCCCNC(=O)[C@@H](NC(=O)OCc4ccccc4)[C@H](C)O)C(=O)OC(C)(C)C)[C@@H](O[Si](C)(C)C(C)(C)C)[C@H]3O[Si](C)(C)C(C)(C)C)c2=O)cc1. The monoisotopic (exact) mass is 1010 g/mol. The van der Waals surface area contributed by atoms with Gasteiger partial charge in [0.25, 0.3) is 5.56 Å². The van der Waals surface area contributed by atoms with Gasteiger partial charge >= 0.3 is 17.8 Å². The van der Waals surface area contributed by atoms with E-state index in [9.17, 15) is 34.2 Å². The average Bonchev–Trinajstić information content (AvgIpc) is 3.58. The molecule has 1 aliphatic rings. The Hall–Kier alpha value is -4.68. The summed E-state index contributed by atoms with van der Waals surface area (Å²) in [6, 6.07) is 14.5. The van der Waals surface area contributed by atoms with E-state index in [0.717, 1.165) is 10.1 Å². The first-order valence-electron chi connectivity index (χ1n) is 23.9. The van der Waals surface area contributed by atoms with Crippen molar-refractivity contribution < 1.29 is 52.4 Å². The summed E-state index contributed by atoms with van der Waals surface area (Å²) in [6.45, 7) is 27.2. The molecule has 0 bridgehead atoms. The van der Waals surface area contributed by atoms with E-state index in [-0.39, 0.29) is 42.7 Å². The Kier molecular flexibility index (Phi) is 19.6. The first-order valence-corrected chi connectivity index (χ1v) is 29.7. The molecule has 2 aromatic carbocycles. The van der Waals surface area contributed by atoms with Crippen LogP contribution in [0.15, 0.2) is 76.4 Å². The summed E-state index contributed by atoms with van der Waals surface area (Å²) in [5.41, 5.74) is -0.761. The highest BCUT2D eigenvalue weighted by atomic mass is 28.4. The van der Waals surface area contributed by atoms with Crippen molar-refractivity contribution in [3.05, 3.63) is 98.8 Å². The van der Waals surface area contributed by atoms with E-state index >= 15 is 0 Å². The van der Waals surface area contributed by atoms with Gasteiger partial charge in [-0.05, 0) is 100 Å². The number of alkyl carbamates (subject to hydrolysis) is 1. The zero-order valence-electron chi connectivity index (χ0n) is 43.8. The normalized spacial score (nSPS) is 19.7. The van der Waals surface area contributed by atoms with Gasteiger partial charge in [0.1, 0.15) is 54.5 Å². The van der Waals surface area contributed by atoms with E-state index in [4.69, 9.17) is 27.8 Å². The summed E-state index contributed by atoms with van der Waals surface area (Å²) in [6.07, 6.45) is -6.81. The summed E-state index contributed by atoms with van der Waals surface area (Å²) < 4.78 is 40.1. The third-order valence-electron chi connectivity index (χ3n) is 13.2. The molecule has 4 rings (SSSR count). The minimum Gasteiger partial charge on any atom is -0.497 e. The maximum absolute atomic E-state index is 14.6. The van der Waals surface area contributed by atoms with E-state index in [1.807, 2.05) is 6.07 Å². The highest BCUT2D eigenvalue weighted by Crippen LogP contribution is 2.46. The molecule has 0 radical (unpaired) electrons. The minimum atomic E-state index is -2.78. The lowest BCUT2D eigenvalue weighted by atomic mass is 9.99. The van der Waals surface area contributed by atoms with Gasteiger partial charge in [0, 0.05) is 18.8 Å². The average molecular weight is 1010 g/mol. The van der Waals surface area contributed by atoms with E-state index in [2.05, 4.69) is 83.7 Å². The van der Waals surface area contributed by atoms with Crippen molar-refractivity contribution in [1.82, 2.24) is 25.1 Å². The first kappa shape index (κ1) is 57.9. The molecule has 1 aliphatic heterocycles. The number of ether oxygens (including phenoxy) is 4. The fraction of sp³-hybridized carbons (Fsp3) is 0.620. The zero-order valence-corrected chi connectivity index (χ0v) is 45.8. The van der Waals surface area contributed by atoms with Crippen LogP contribution in [-0.2, 0) is 45.8 Å². The number of hydrogen-bond donors (Lipinski definition) is 5. The van der Waals surface area contributed by atoms with Crippen molar-refractivity contribution in [2.45, 2.75) is 180 Å². The van der Waals surface area contributed by atoms with Gasteiger partial charge in [0.05, 0.1) is 19.8 Å². The number of rotatable bonds is 21. The number of benzene rings is 2. The van der Waals surface area contributed by atoms with Crippen molar-refractivity contribution in [3.8, 4) is 5.75 Å². The number of aliphatic hydroxyl groups excluding tert-OH is 2. The second-order valence-electron chi connectivity index (χ2n) is 22.0. The summed E-state index contributed by atoms with van der Waals surface area (Å²) in [7, 11) is -3.99. The standard InChI is InChI=1S/C50H79N5O13Si2/c1-32(56)37(53-46(61)64-31-34-20-17-16-18-21-34)43(59)52-28-19-27-51-38(45(60)66-48(2,3)4)39(58)40-41(67-69(12,13)49(5,6)7)42(68-70(14,15)50(8,9)10)44(65-40)54-29-26-36(57)55(47(54)62)30-33-22-24-35(63-11)25-23-33/h16-18,20-26,29,32,37-42,44,51,56,58H,19,27-28,30-31H2,1-15H3,(H,52,59)(H,53,61)/t32-,37-,38-,39-,40?,41+,42+,44+/m0/s1. The highest BCUT2D eigenvalue weighted by Gasteiger charge is 2.58. The molecular formula is C50H79N5O13Si2. The molecule has 5 N–H and O–H groups in total. The largest absolute Gasteiger partial charge is 0.497 e. The number of nitrogens with one attached hydrogen (secondary N) is 3. The Morgan fingerprint density at radius 1 is 0.786 bits per heavy atom. The number of nitrogens with zero attached hydrogens (tertiary/aromatic N) is 2. The number of esters is 1. The smallest absolute Gasteiger partial charge is 0.408 e. The van der Waals surface area contributed by atoms with Gasteiger partial charge in [-0.15, -0.1) is 0 Å². The number of methoxy groups -OCH3 is 1. The fourth-order valence-corrected chi connectivity index (χ4v) is 9.69. The van der Waals surface area contributed by atoms with Gasteiger partial charge in [-0.25, -0.2) is 9.59 Å². The first-order chi connectivity index (χ1) is 32.4. The molecule has 2 amide bonds. The Morgan fingerprint density at radius 3 is 1.91 bits per heavy atom. The molecule has 1 unspecified atom stereocenters. The van der Waals surface area contributed by atoms with Gasteiger partial charge in [-0.3, -0.25) is 23.5 Å². The van der Waals surface area contributed by atoms with Crippen LogP contribution in [0, 0.1) is 0 Å². The van der Waals surface area contributed by atoms with E-state index in [1.165, 1.54) is 23.8 Å². The molecule has 390 valence electrons. The predicted molar refractivity (Wildman–Crippen MR) is 272 cm³/mol. The van der Waals surface area contributed by atoms with Crippen molar-refractivity contribution in [2.75, 3.05) is 20.2 Å². The van der Waals surface area contributed by atoms with Crippen LogP contribution >= 0.6 is 0 Å². The van der Waals surface area contributed by atoms with Crippen LogP contribution in [0.5, 0.6) is 5.75 Å². The lowest BCUT2D eigenvalue weighted by Crippen LogP contribution is -2.59. The second kappa shape index (κ2) is 23.7. The lowest BCUT2D eigenvalue weighted by molar-refractivity contribution is -0.166. The highest BCUT2D eigenvalue weighted by molar-refractivity contribution is 6.74. The van der Waals surface area contributed by atoms with Crippen LogP contribution in [0.3, 0.4) is 0 Å². The van der Waals surface area contributed by atoms with E-state index < -0.39 is 100 Å². The topological polar surface area (TPSA) is 227 Å². The van der Waals surface area contributed by atoms with Crippen LogP contribution in [-0.4, -0.2) is 122 Å². The maximum atomic E-state index is 14.6. The Labute approximate surface area is 415 Å². The molecule has 1 saturated heterocycles. The van der Waals surface area contributed by atoms with Crippen LogP contribution in [0.4, 0.5) is 4.79 Å². The molecule has 18 nitrogen and oxygen atoms in total. The molecule has 20 heteroatoms. The van der Waals surface area contributed by atoms with Crippen molar-refractivity contribution in [2.24, 2.45) is 0 Å². The van der Waals surface area contributed by atoms with Crippen LogP contribution in [0.2, 0.25) is 36.3 Å². The molecule has 2 heterocycles. The molecule has 0 aliphatic carbocycles. The van der Waals surface area contributed by atoms with Crippen LogP contribution in [0.1, 0.15) is 93.0 Å². The second-order valence-corrected chi connectivity index (χ2v) is 31.5. The molecule has 3 aromatic rings. The lowest BCUT2D eigenvalue weighted by Gasteiger charge is -2.44. The van der Waals surface area contributed by atoms with Gasteiger partial charge in [-0.2, -0.15) is 0 Å². The van der Waals surface area contributed by atoms with Crippen molar-refractivity contribution in [3.63, 3.8) is 0 Å². The zero-order chi connectivity index (χ0) is 52.6. The molecule has 1 aromatic heterocycles. The molecule has 8 atom stereocenters. The predicted octanol–water partition coefficient (Wildman–Crippen LogP) is 5.59. The number of hydrogen-bond acceptors (Lipinski definition) is 14. The number of aliphatic hydroxyl groups is 2. The van der Waals surface area contributed by atoms with E-state index in [0.29, 0.717) is 11.3 Å². The van der Waals surface area contributed by atoms with Crippen molar-refractivity contribution in [1.29, 1.82) is 0 Å². The summed E-state index contributed by atoms with van der Waals surface area (Å²) in [5, 5.41) is 30.6. The quantitative estimate of drug-likeness (QED) is 0.0499. The summed E-state index contributed by atoms with van der Waals surface area (Å²) in [4.78, 5) is 68.1. The fourth-order valence-electron chi connectivity index (χ4n) is 7.10. The molecule has 1 fully saturated rings. The van der Waals surface area contributed by atoms with E-state index in [1.54, 1.807) is 76.4 Å². The Morgan fingerprint density at radius 2 is 1.37 bits per heavy atom. The third kappa shape index (κ3) is 15.4. The van der Waals surface area contributed by atoms with Gasteiger partial charge in [0.15, 0.2) is 22.9 Å². The van der Waals surface area contributed by atoms with Crippen LogP contribution in [0.25, 0.3) is 0 Å². The van der Waals surface area contributed by atoms with Crippen LogP contribution < -0.4 is 31.9 Å². The van der Waals surface area contributed by atoms with Crippen molar-refractivity contribution >= 4 is 34.6 Å². The van der Waals surface area contributed by atoms with Gasteiger partial charge in [0.2, 0.25) is 5.91 Å². The van der Waals surface area contributed by atoms with Gasteiger partial charge < -0.3 is 54.0 Å². The third-order valence-corrected chi connectivity index (χ3v) is 22.1. The molecule has 0 saturated carbocycles. The summed E-state index contributed by atoms with van der Waals surface area (Å²) >= 11 is 0. The minimum absolute atomic E-state index is 0.0322. The molecule has 0 spiro atoms.